The lowest BCUT2D eigenvalue weighted by atomic mass is 10.0. The Morgan fingerprint density at radius 1 is 1.37 bits per heavy atom. The van der Waals surface area contributed by atoms with Crippen molar-refractivity contribution < 1.29 is 9.53 Å². The van der Waals surface area contributed by atoms with Crippen LogP contribution in [0.5, 0.6) is 5.75 Å². The number of aromatic nitrogens is 1. The average molecular weight is 382 g/mol. The van der Waals surface area contributed by atoms with Gasteiger partial charge >= 0.3 is 0 Å². The molecule has 2 aromatic heterocycles. The van der Waals surface area contributed by atoms with Crippen LogP contribution in [-0.2, 0) is 13.0 Å². The van der Waals surface area contributed by atoms with Crippen molar-refractivity contribution in [3.05, 3.63) is 46.5 Å². The summed E-state index contributed by atoms with van der Waals surface area (Å²) in [6, 6.07) is 9.39. The molecular formula is C20H22N4O2S. The molecule has 0 radical (unpaired) electrons. The smallest absolute Gasteiger partial charge is 0.267 e. The molecule has 1 aliphatic heterocycles. The zero-order chi connectivity index (χ0) is 19.0. The topological polar surface area (TPSA) is 80.5 Å². The predicted molar refractivity (Wildman–Crippen MR) is 110 cm³/mol. The van der Waals surface area contributed by atoms with E-state index in [0.29, 0.717) is 22.9 Å². The number of likely N-dealkylation sites (N-methyl/N-ethyl adjacent to an activating group) is 1. The number of carbonyl (C=O) groups is 1. The molecule has 0 fully saturated rings. The number of hydrogen-bond donors (Lipinski definition) is 2. The highest BCUT2D eigenvalue weighted by Crippen LogP contribution is 2.35. The first kappa shape index (κ1) is 17.8. The van der Waals surface area contributed by atoms with Crippen molar-refractivity contribution in [2.45, 2.75) is 19.9 Å². The van der Waals surface area contributed by atoms with E-state index in [1.165, 1.54) is 16.9 Å². The predicted octanol–water partition coefficient (Wildman–Crippen LogP) is 3.52. The van der Waals surface area contributed by atoms with Crippen molar-refractivity contribution in [1.29, 1.82) is 0 Å². The number of rotatable bonds is 4. The highest BCUT2D eigenvalue weighted by Gasteiger charge is 2.21. The summed E-state index contributed by atoms with van der Waals surface area (Å²) < 4.78 is 5.42. The SMILES string of the molecule is CCOc1ccc(NC(=O)c2sc3nc4c(cc3c2N)CN(C)CC4)cc1. The first-order valence-corrected chi connectivity index (χ1v) is 9.80. The van der Waals surface area contributed by atoms with Crippen LogP contribution in [-0.4, -0.2) is 36.0 Å². The molecule has 1 amide bonds. The standard InChI is InChI=1S/C20H22N4O2S/c1-3-26-14-6-4-13(5-7-14)22-19(25)18-17(21)15-10-12-11-24(2)9-8-16(12)23-20(15)27-18/h4-7,10H,3,8-9,11,21H2,1-2H3,(H,22,25). The summed E-state index contributed by atoms with van der Waals surface area (Å²) in [5, 5.41) is 3.77. The van der Waals surface area contributed by atoms with Gasteiger partial charge in [0.05, 0.1) is 12.3 Å². The van der Waals surface area contributed by atoms with Crippen LogP contribution >= 0.6 is 11.3 Å². The number of hydrogen-bond acceptors (Lipinski definition) is 6. The van der Waals surface area contributed by atoms with Crippen LogP contribution in [0.4, 0.5) is 11.4 Å². The van der Waals surface area contributed by atoms with Gasteiger partial charge in [-0.3, -0.25) is 4.79 Å². The summed E-state index contributed by atoms with van der Waals surface area (Å²) in [7, 11) is 2.10. The molecule has 0 unspecified atom stereocenters. The zero-order valence-electron chi connectivity index (χ0n) is 15.4. The minimum atomic E-state index is -0.213. The van der Waals surface area contributed by atoms with Crippen molar-refractivity contribution in [2.75, 3.05) is 31.2 Å². The van der Waals surface area contributed by atoms with E-state index in [4.69, 9.17) is 15.5 Å². The second-order valence-corrected chi connectivity index (χ2v) is 7.69. The van der Waals surface area contributed by atoms with E-state index >= 15 is 0 Å². The lowest BCUT2D eigenvalue weighted by Gasteiger charge is -2.24. The van der Waals surface area contributed by atoms with Crippen LogP contribution in [0.3, 0.4) is 0 Å². The molecule has 140 valence electrons. The summed E-state index contributed by atoms with van der Waals surface area (Å²) in [5.74, 6) is 0.561. The molecule has 0 aliphatic carbocycles. The number of nitrogen functional groups attached to an aromatic ring is 1. The van der Waals surface area contributed by atoms with Gasteiger partial charge in [0.2, 0.25) is 0 Å². The summed E-state index contributed by atoms with van der Waals surface area (Å²) in [6.07, 6.45) is 0.924. The summed E-state index contributed by atoms with van der Waals surface area (Å²) in [5.41, 5.74) is 9.81. The Bertz CT molecular complexity index is 997. The number of thiophene rings is 1. The third-order valence-corrected chi connectivity index (χ3v) is 5.80. The van der Waals surface area contributed by atoms with Gasteiger partial charge in [-0.25, -0.2) is 4.98 Å². The molecule has 0 bridgehead atoms. The highest BCUT2D eigenvalue weighted by molar-refractivity contribution is 7.21. The first-order chi connectivity index (χ1) is 13.0. The number of benzene rings is 1. The van der Waals surface area contributed by atoms with Crippen LogP contribution < -0.4 is 15.8 Å². The van der Waals surface area contributed by atoms with Gasteiger partial charge in [-0.1, -0.05) is 0 Å². The fourth-order valence-corrected chi connectivity index (χ4v) is 4.29. The van der Waals surface area contributed by atoms with E-state index in [9.17, 15) is 4.79 Å². The van der Waals surface area contributed by atoms with Gasteiger partial charge in [-0.05, 0) is 49.9 Å². The minimum Gasteiger partial charge on any atom is -0.494 e. The van der Waals surface area contributed by atoms with E-state index in [1.807, 2.05) is 31.2 Å². The van der Waals surface area contributed by atoms with Crippen LogP contribution in [0.2, 0.25) is 0 Å². The molecule has 3 heterocycles. The largest absolute Gasteiger partial charge is 0.494 e. The van der Waals surface area contributed by atoms with E-state index in [0.717, 1.165) is 41.2 Å². The third-order valence-electron chi connectivity index (χ3n) is 4.69. The third kappa shape index (κ3) is 3.48. The van der Waals surface area contributed by atoms with Gasteiger partial charge in [0.15, 0.2) is 0 Å². The Kier molecular flexibility index (Phi) is 4.72. The molecule has 27 heavy (non-hydrogen) atoms. The minimum absolute atomic E-state index is 0.213. The average Bonchev–Trinajstić information content (AvgIpc) is 2.98. The second kappa shape index (κ2) is 7.17. The Morgan fingerprint density at radius 3 is 2.89 bits per heavy atom. The molecule has 7 heteroatoms. The van der Waals surface area contributed by atoms with E-state index in [-0.39, 0.29) is 5.91 Å². The lowest BCUT2D eigenvalue weighted by Crippen LogP contribution is -2.27. The molecule has 0 saturated heterocycles. The maximum Gasteiger partial charge on any atom is 0.267 e. The Morgan fingerprint density at radius 2 is 2.15 bits per heavy atom. The first-order valence-electron chi connectivity index (χ1n) is 8.98. The van der Waals surface area contributed by atoms with Crippen LogP contribution in [0.25, 0.3) is 10.2 Å². The summed E-state index contributed by atoms with van der Waals surface area (Å²) in [6.45, 7) is 4.40. The Labute approximate surface area is 162 Å². The highest BCUT2D eigenvalue weighted by atomic mass is 32.1. The van der Waals surface area contributed by atoms with Crippen molar-refractivity contribution in [2.24, 2.45) is 0 Å². The van der Waals surface area contributed by atoms with Gasteiger partial charge < -0.3 is 20.7 Å². The molecule has 1 aliphatic rings. The number of pyridine rings is 1. The van der Waals surface area contributed by atoms with Crippen molar-refractivity contribution in [3.63, 3.8) is 0 Å². The molecule has 0 saturated carbocycles. The van der Waals surface area contributed by atoms with Gasteiger partial charge in [0.1, 0.15) is 15.5 Å². The number of nitrogens with one attached hydrogen (secondary N) is 1. The van der Waals surface area contributed by atoms with Crippen LogP contribution in [0.1, 0.15) is 27.9 Å². The van der Waals surface area contributed by atoms with Crippen molar-refractivity contribution in [1.82, 2.24) is 9.88 Å². The van der Waals surface area contributed by atoms with E-state index < -0.39 is 0 Å². The fourth-order valence-electron chi connectivity index (χ4n) is 3.30. The molecule has 6 nitrogen and oxygen atoms in total. The molecular weight excluding hydrogens is 360 g/mol. The van der Waals surface area contributed by atoms with Gasteiger partial charge in [-0.15, -0.1) is 11.3 Å². The van der Waals surface area contributed by atoms with Crippen LogP contribution in [0.15, 0.2) is 30.3 Å². The van der Waals surface area contributed by atoms with Crippen molar-refractivity contribution in [3.8, 4) is 5.75 Å². The van der Waals surface area contributed by atoms with Gasteiger partial charge in [0, 0.05) is 36.3 Å². The molecule has 4 rings (SSSR count). The monoisotopic (exact) mass is 382 g/mol. The Hall–Kier alpha value is -2.64. The number of nitrogens with two attached hydrogens (primary N) is 1. The Balaban J connectivity index is 1.61. The number of carbonyl (C=O) groups excluding carboxylic acids is 1. The molecule has 3 N–H and O–H groups in total. The maximum absolute atomic E-state index is 12.7. The van der Waals surface area contributed by atoms with E-state index in [2.05, 4.69) is 23.3 Å². The van der Waals surface area contributed by atoms with Crippen LogP contribution in [0, 0.1) is 0 Å². The fraction of sp³-hybridized carbons (Fsp3) is 0.300. The quantitative estimate of drug-likeness (QED) is 0.722. The lowest BCUT2D eigenvalue weighted by molar-refractivity contribution is 0.103. The zero-order valence-corrected chi connectivity index (χ0v) is 16.2. The number of anilines is 2. The summed E-state index contributed by atoms with van der Waals surface area (Å²) in [4.78, 5) is 21.1. The number of ether oxygens (including phenoxy) is 1. The summed E-state index contributed by atoms with van der Waals surface area (Å²) >= 11 is 1.35. The molecule has 0 spiro atoms. The number of nitrogens with zero attached hydrogens (tertiary/aromatic N) is 2. The van der Waals surface area contributed by atoms with Gasteiger partial charge in [0.25, 0.3) is 5.91 Å². The second-order valence-electron chi connectivity index (χ2n) is 6.69. The maximum atomic E-state index is 12.7. The van der Waals surface area contributed by atoms with Gasteiger partial charge in [-0.2, -0.15) is 0 Å². The van der Waals surface area contributed by atoms with Crippen molar-refractivity contribution >= 4 is 38.8 Å². The molecule has 1 aromatic carbocycles. The normalized spacial score (nSPS) is 14.1. The number of fused-ring (bicyclic) bond motifs is 2. The molecule has 0 atom stereocenters. The number of amides is 1. The molecule has 3 aromatic rings. The van der Waals surface area contributed by atoms with E-state index in [1.54, 1.807) is 0 Å².